The van der Waals surface area contributed by atoms with Crippen molar-refractivity contribution < 1.29 is 14.7 Å². The average Bonchev–Trinajstić information content (AvgIpc) is 2.57. The zero-order chi connectivity index (χ0) is 12.9. The van der Waals surface area contributed by atoms with Crippen LogP contribution in [0.4, 0.5) is 0 Å². The molecule has 0 aliphatic carbocycles. The Kier molecular flexibility index (Phi) is 4.93. The molecule has 17 heavy (non-hydrogen) atoms. The maximum Gasteiger partial charge on any atom is 0.329 e. The molecule has 5 heteroatoms. The molecule has 5 nitrogen and oxygen atoms in total. The standard InChI is InChI=1S/C12H22N2O3/c1-3-12(2,11(16)17)14-10(15)9-7-5-4-6-8-13-9/h9,13H,3-8H2,1-2H3,(H,14,15)(H,16,17). The fourth-order valence-corrected chi connectivity index (χ4v) is 1.90. The number of carbonyl (C=O) groups excluding carboxylic acids is 1. The van der Waals surface area contributed by atoms with Crippen LogP contribution in [0.5, 0.6) is 0 Å². The Bertz CT molecular complexity index is 285. The van der Waals surface area contributed by atoms with Crippen LogP contribution in [0.1, 0.15) is 46.0 Å². The van der Waals surface area contributed by atoms with Gasteiger partial charge in [-0.2, -0.15) is 0 Å². The number of carboxylic acid groups (broad SMARTS) is 1. The van der Waals surface area contributed by atoms with Crippen molar-refractivity contribution in [3.05, 3.63) is 0 Å². The van der Waals surface area contributed by atoms with E-state index in [1.54, 1.807) is 13.8 Å². The maximum atomic E-state index is 12.0. The molecule has 0 radical (unpaired) electrons. The van der Waals surface area contributed by atoms with Crippen molar-refractivity contribution in [3.8, 4) is 0 Å². The summed E-state index contributed by atoms with van der Waals surface area (Å²) in [6.07, 6.45) is 4.38. The van der Waals surface area contributed by atoms with E-state index in [-0.39, 0.29) is 11.9 Å². The molecule has 3 N–H and O–H groups in total. The molecule has 1 heterocycles. The van der Waals surface area contributed by atoms with E-state index in [9.17, 15) is 9.59 Å². The molecule has 1 rings (SSSR count). The number of carboxylic acids is 1. The third-order valence-corrected chi connectivity index (χ3v) is 3.46. The van der Waals surface area contributed by atoms with Crippen LogP contribution in [0.25, 0.3) is 0 Å². The predicted octanol–water partition coefficient (Wildman–Crippen LogP) is 0.888. The fraction of sp³-hybridized carbons (Fsp3) is 0.833. The molecule has 0 aromatic rings. The zero-order valence-electron chi connectivity index (χ0n) is 10.6. The number of amides is 1. The van der Waals surface area contributed by atoms with Crippen LogP contribution >= 0.6 is 0 Å². The second-order valence-electron chi connectivity index (χ2n) is 4.84. The summed E-state index contributed by atoms with van der Waals surface area (Å²) in [5.74, 6) is -1.18. The number of nitrogens with one attached hydrogen (secondary N) is 2. The minimum absolute atomic E-state index is 0.196. The number of hydrogen-bond acceptors (Lipinski definition) is 3. The van der Waals surface area contributed by atoms with Gasteiger partial charge in [0.25, 0.3) is 0 Å². The summed E-state index contributed by atoms with van der Waals surface area (Å²) >= 11 is 0. The van der Waals surface area contributed by atoms with Crippen molar-refractivity contribution in [1.82, 2.24) is 10.6 Å². The lowest BCUT2D eigenvalue weighted by molar-refractivity contribution is -0.147. The van der Waals surface area contributed by atoms with Gasteiger partial charge in [0.05, 0.1) is 6.04 Å². The van der Waals surface area contributed by atoms with Crippen LogP contribution in [-0.2, 0) is 9.59 Å². The summed E-state index contributed by atoms with van der Waals surface area (Å²) in [6.45, 7) is 4.13. The van der Waals surface area contributed by atoms with Crippen LogP contribution in [0.15, 0.2) is 0 Å². The van der Waals surface area contributed by atoms with Gasteiger partial charge in [0.15, 0.2) is 0 Å². The highest BCUT2D eigenvalue weighted by Gasteiger charge is 2.34. The second kappa shape index (κ2) is 6.00. The van der Waals surface area contributed by atoms with Crippen molar-refractivity contribution in [2.75, 3.05) is 6.54 Å². The highest BCUT2D eigenvalue weighted by molar-refractivity contribution is 5.89. The summed E-state index contributed by atoms with van der Waals surface area (Å²) in [5.41, 5.74) is -1.16. The molecule has 0 bridgehead atoms. The van der Waals surface area contributed by atoms with E-state index in [0.717, 1.165) is 32.2 Å². The molecule has 1 amide bonds. The SMILES string of the molecule is CCC(C)(NC(=O)C1CCCCCN1)C(=O)O. The van der Waals surface area contributed by atoms with Crippen molar-refractivity contribution in [3.63, 3.8) is 0 Å². The minimum Gasteiger partial charge on any atom is -0.480 e. The lowest BCUT2D eigenvalue weighted by Gasteiger charge is -2.27. The molecular formula is C12H22N2O3. The van der Waals surface area contributed by atoms with Gasteiger partial charge in [-0.15, -0.1) is 0 Å². The van der Waals surface area contributed by atoms with E-state index in [4.69, 9.17) is 5.11 Å². The van der Waals surface area contributed by atoms with E-state index in [1.807, 2.05) is 0 Å². The third-order valence-electron chi connectivity index (χ3n) is 3.46. The van der Waals surface area contributed by atoms with Crippen LogP contribution in [0.2, 0.25) is 0 Å². The van der Waals surface area contributed by atoms with Gasteiger partial charge in [-0.25, -0.2) is 4.79 Å². The summed E-state index contributed by atoms with van der Waals surface area (Å²) in [5, 5.41) is 14.9. The van der Waals surface area contributed by atoms with Crippen molar-refractivity contribution >= 4 is 11.9 Å². The van der Waals surface area contributed by atoms with E-state index in [1.165, 1.54) is 0 Å². The van der Waals surface area contributed by atoms with Gasteiger partial charge in [0.1, 0.15) is 5.54 Å². The van der Waals surface area contributed by atoms with Crippen molar-refractivity contribution in [2.24, 2.45) is 0 Å². The molecule has 0 spiro atoms. The minimum atomic E-state index is -1.16. The second-order valence-corrected chi connectivity index (χ2v) is 4.84. The third kappa shape index (κ3) is 3.70. The van der Waals surface area contributed by atoms with Crippen molar-refractivity contribution in [1.29, 1.82) is 0 Å². The number of hydrogen-bond donors (Lipinski definition) is 3. The first-order valence-electron chi connectivity index (χ1n) is 6.28. The Morgan fingerprint density at radius 1 is 1.41 bits per heavy atom. The van der Waals surface area contributed by atoms with Crippen LogP contribution in [0, 0.1) is 0 Å². The molecule has 0 saturated carbocycles. The molecule has 0 aromatic heterocycles. The van der Waals surface area contributed by atoms with Crippen molar-refractivity contribution in [2.45, 2.75) is 57.5 Å². The molecule has 1 saturated heterocycles. The van der Waals surface area contributed by atoms with Gasteiger partial charge in [0.2, 0.25) is 5.91 Å². The highest BCUT2D eigenvalue weighted by atomic mass is 16.4. The van der Waals surface area contributed by atoms with Gasteiger partial charge in [-0.3, -0.25) is 4.79 Å². The number of aliphatic carboxylic acids is 1. The monoisotopic (exact) mass is 242 g/mol. The fourth-order valence-electron chi connectivity index (χ4n) is 1.90. The molecular weight excluding hydrogens is 220 g/mol. The number of rotatable bonds is 4. The Labute approximate surface area is 102 Å². The molecule has 1 aliphatic rings. The summed E-state index contributed by atoms with van der Waals surface area (Å²) in [7, 11) is 0. The normalized spacial score (nSPS) is 24.5. The van der Waals surface area contributed by atoms with Gasteiger partial charge >= 0.3 is 5.97 Å². The van der Waals surface area contributed by atoms with Gasteiger partial charge in [-0.05, 0) is 32.7 Å². The predicted molar refractivity (Wildman–Crippen MR) is 64.7 cm³/mol. The highest BCUT2D eigenvalue weighted by Crippen LogP contribution is 2.13. The summed E-state index contributed by atoms with van der Waals surface area (Å²) in [6, 6.07) is -0.247. The molecule has 1 aliphatic heterocycles. The van der Waals surface area contributed by atoms with E-state index >= 15 is 0 Å². The Morgan fingerprint density at radius 3 is 2.71 bits per heavy atom. The molecule has 2 atom stereocenters. The van der Waals surface area contributed by atoms with E-state index in [0.29, 0.717) is 6.42 Å². The van der Waals surface area contributed by atoms with E-state index in [2.05, 4.69) is 10.6 Å². The first-order valence-corrected chi connectivity index (χ1v) is 6.28. The quantitative estimate of drug-likeness (QED) is 0.684. The lowest BCUT2D eigenvalue weighted by atomic mass is 9.98. The molecule has 98 valence electrons. The van der Waals surface area contributed by atoms with E-state index < -0.39 is 11.5 Å². The maximum absolute atomic E-state index is 12.0. The summed E-state index contributed by atoms with van der Waals surface area (Å²) in [4.78, 5) is 23.1. The van der Waals surface area contributed by atoms with Crippen LogP contribution in [-0.4, -0.2) is 35.1 Å². The van der Waals surface area contributed by atoms with Gasteiger partial charge < -0.3 is 15.7 Å². The largest absolute Gasteiger partial charge is 0.480 e. The first kappa shape index (κ1) is 14.0. The Morgan fingerprint density at radius 2 is 2.12 bits per heavy atom. The summed E-state index contributed by atoms with van der Waals surface area (Å²) < 4.78 is 0. The van der Waals surface area contributed by atoms with Gasteiger partial charge in [-0.1, -0.05) is 19.8 Å². The molecule has 2 unspecified atom stereocenters. The molecule has 0 aromatic carbocycles. The zero-order valence-corrected chi connectivity index (χ0v) is 10.6. The molecule has 1 fully saturated rings. The lowest BCUT2D eigenvalue weighted by Crippen LogP contribution is -2.56. The van der Waals surface area contributed by atoms with Crippen LogP contribution in [0.3, 0.4) is 0 Å². The van der Waals surface area contributed by atoms with Gasteiger partial charge in [0, 0.05) is 0 Å². The topological polar surface area (TPSA) is 78.4 Å². The average molecular weight is 242 g/mol. The Hall–Kier alpha value is -1.10. The van der Waals surface area contributed by atoms with Crippen LogP contribution < -0.4 is 10.6 Å². The first-order chi connectivity index (χ1) is 7.99. The Balaban J connectivity index is 2.60. The number of carbonyl (C=O) groups is 2. The smallest absolute Gasteiger partial charge is 0.329 e.